The molecule has 0 saturated carbocycles. The Hall–Kier alpha value is -1.14. The molecule has 4 N–H and O–H groups in total. The van der Waals surface area contributed by atoms with Crippen LogP contribution in [-0.2, 0) is 0 Å². The number of carbonyl (C=O) groups excluding carboxylic acids is 1. The van der Waals surface area contributed by atoms with Gasteiger partial charge in [0, 0.05) is 4.47 Å². The third kappa shape index (κ3) is 2.67. The lowest BCUT2D eigenvalue weighted by Crippen LogP contribution is -2.34. The Kier molecular flexibility index (Phi) is 3.21. The van der Waals surface area contributed by atoms with Crippen LogP contribution in [0.4, 0.5) is 14.9 Å². The van der Waals surface area contributed by atoms with Gasteiger partial charge in [-0.15, -0.1) is 0 Å². The molecular formula is C7H7BrFN3O. The number of hydrogen-bond acceptors (Lipinski definition) is 2. The fourth-order valence-electron chi connectivity index (χ4n) is 0.752. The van der Waals surface area contributed by atoms with Crippen LogP contribution < -0.4 is 16.6 Å². The molecule has 0 saturated heterocycles. The molecule has 0 radical (unpaired) electrons. The maximum Gasteiger partial charge on any atom is 0.333 e. The molecule has 1 aromatic rings. The van der Waals surface area contributed by atoms with Gasteiger partial charge in [-0.1, -0.05) is 0 Å². The molecule has 13 heavy (non-hydrogen) atoms. The average molecular weight is 248 g/mol. The molecule has 1 rings (SSSR count). The van der Waals surface area contributed by atoms with Gasteiger partial charge in [-0.05, 0) is 34.1 Å². The van der Waals surface area contributed by atoms with Gasteiger partial charge in [0.15, 0.2) is 0 Å². The van der Waals surface area contributed by atoms with Crippen LogP contribution in [0.1, 0.15) is 0 Å². The fourth-order valence-corrected chi connectivity index (χ4v) is 1.10. The van der Waals surface area contributed by atoms with E-state index in [2.05, 4.69) is 21.2 Å². The standard InChI is InChI=1S/C7H7BrFN3O/c8-5-2-1-4(9)3-6(5)11-7(13)12-10/h1-3H,10H2,(H2,11,12,13). The van der Waals surface area contributed by atoms with Gasteiger partial charge in [0.25, 0.3) is 0 Å². The lowest BCUT2D eigenvalue weighted by atomic mass is 10.3. The van der Waals surface area contributed by atoms with E-state index in [0.29, 0.717) is 10.2 Å². The van der Waals surface area contributed by atoms with Crippen LogP contribution in [0.25, 0.3) is 0 Å². The quantitative estimate of drug-likeness (QED) is 0.401. The van der Waals surface area contributed by atoms with E-state index in [-0.39, 0.29) is 0 Å². The van der Waals surface area contributed by atoms with Crippen molar-refractivity contribution in [2.45, 2.75) is 0 Å². The molecule has 0 unspecified atom stereocenters. The molecule has 0 heterocycles. The van der Waals surface area contributed by atoms with Crippen molar-refractivity contribution >= 4 is 27.6 Å². The highest BCUT2D eigenvalue weighted by Crippen LogP contribution is 2.22. The van der Waals surface area contributed by atoms with Gasteiger partial charge >= 0.3 is 6.03 Å². The minimum Gasteiger partial charge on any atom is -0.306 e. The van der Waals surface area contributed by atoms with Crippen molar-refractivity contribution < 1.29 is 9.18 Å². The van der Waals surface area contributed by atoms with Crippen LogP contribution in [0.5, 0.6) is 0 Å². The van der Waals surface area contributed by atoms with E-state index in [9.17, 15) is 9.18 Å². The van der Waals surface area contributed by atoms with Crippen molar-refractivity contribution in [1.82, 2.24) is 5.43 Å². The Morgan fingerprint density at radius 1 is 1.54 bits per heavy atom. The maximum atomic E-state index is 12.7. The zero-order valence-electron chi connectivity index (χ0n) is 6.47. The number of anilines is 1. The summed E-state index contributed by atoms with van der Waals surface area (Å²) in [4.78, 5) is 10.8. The minimum atomic E-state index is -0.605. The number of urea groups is 1. The molecule has 0 bridgehead atoms. The predicted octanol–water partition coefficient (Wildman–Crippen LogP) is 1.58. The maximum absolute atomic E-state index is 12.7. The Labute approximate surface area is 82.4 Å². The first-order valence-electron chi connectivity index (χ1n) is 3.36. The van der Waals surface area contributed by atoms with Crippen LogP contribution in [0.2, 0.25) is 0 Å². The fraction of sp³-hybridized carbons (Fsp3) is 0. The third-order valence-corrected chi connectivity index (χ3v) is 2.00. The van der Waals surface area contributed by atoms with Crippen molar-refractivity contribution in [3.63, 3.8) is 0 Å². The van der Waals surface area contributed by atoms with Crippen LogP contribution in [0, 0.1) is 5.82 Å². The average Bonchev–Trinajstić information content (AvgIpc) is 2.11. The van der Waals surface area contributed by atoms with E-state index in [0.717, 1.165) is 0 Å². The zero-order chi connectivity index (χ0) is 9.84. The smallest absolute Gasteiger partial charge is 0.306 e. The second-order valence-electron chi connectivity index (χ2n) is 2.22. The Bertz CT molecular complexity index is 332. The molecular weight excluding hydrogens is 241 g/mol. The second kappa shape index (κ2) is 4.20. The number of carbonyl (C=O) groups is 1. The van der Waals surface area contributed by atoms with Gasteiger partial charge in [-0.25, -0.2) is 15.0 Å². The summed E-state index contributed by atoms with van der Waals surface area (Å²) < 4.78 is 13.3. The van der Waals surface area contributed by atoms with E-state index >= 15 is 0 Å². The van der Waals surface area contributed by atoms with E-state index in [1.807, 2.05) is 5.43 Å². The third-order valence-electron chi connectivity index (χ3n) is 1.31. The first kappa shape index (κ1) is 9.94. The molecule has 0 fully saturated rings. The monoisotopic (exact) mass is 247 g/mol. The molecule has 1 aromatic carbocycles. The SMILES string of the molecule is NNC(=O)Nc1cc(F)ccc1Br. The lowest BCUT2D eigenvalue weighted by molar-refractivity contribution is 0.252. The summed E-state index contributed by atoms with van der Waals surface area (Å²) in [5.74, 6) is 4.40. The molecule has 2 amide bonds. The van der Waals surface area contributed by atoms with Crippen LogP contribution in [0.3, 0.4) is 0 Å². The van der Waals surface area contributed by atoms with Crippen molar-refractivity contribution in [3.05, 3.63) is 28.5 Å². The van der Waals surface area contributed by atoms with Gasteiger partial charge in [0.1, 0.15) is 5.82 Å². The largest absolute Gasteiger partial charge is 0.333 e. The predicted molar refractivity (Wildman–Crippen MR) is 50.4 cm³/mol. The summed E-state index contributed by atoms with van der Waals surface area (Å²) in [6, 6.07) is 3.34. The van der Waals surface area contributed by atoms with Gasteiger partial charge in [0.2, 0.25) is 0 Å². The second-order valence-corrected chi connectivity index (χ2v) is 3.08. The van der Waals surface area contributed by atoms with Gasteiger partial charge in [-0.3, -0.25) is 5.43 Å². The van der Waals surface area contributed by atoms with Gasteiger partial charge in [0.05, 0.1) is 5.69 Å². The van der Waals surface area contributed by atoms with E-state index in [1.54, 1.807) is 0 Å². The Morgan fingerprint density at radius 2 is 2.23 bits per heavy atom. The number of nitrogens with two attached hydrogens (primary N) is 1. The Balaban J connectivity index is 2.87. The minimum absolute atomic E-state index is 0.322. The molecule has 0 aliphatic carbocycles. The summed E-state index contributed by atoms with van der Waals surface area (Å²) >= 11 is 3.14. The van der Waals surface area contributed by atoms with Gasteiger partial charge < -0.3 is 5.32 Å². The van der Waals surface area contributed by atoms with Crippen molar-refractivity contribution in [3.8, 4) is 0 Å². The molecule has 6 heteroatoms. The number of hydrogen-bond donors (Lipinski definition) is 3. The van der Waals surface area contributed by atoms with Crippen molar-refractivity contribution in [1.29, 1.82) is 0 Å². The van der Waals surface area contributed by atoms with Crippen LogP contribution in [0.15, 0.2) is 22.7 Å². The number of rotatable bonds is 1. The lowest BCUT2D eigenvalue weighted by Gasteiger charge is -2.05. The normalized spacial score (nSPS) is 9.46. The number of nitrogens with one attached hydrogen (secondary N) is 2. The highest BCUT2D eigenvalue weighted by molar-refractivity contribution is 9.10. The number of hydrazine groups is 1. The summed E-state index contributed by atoms with van der Waals surface area (Å²) in [7, 11) is 0. The zero-order valence-corrected chi connectivity index (χ0v) is 8.06. The molecule has 0 aromatic heterocycles. The van der Waals surface area contributed by atoms with Crippen LogP contribution in [-0.4, -0.2) is 6.03 Å². The number of halogens is 2. The van der Waals surface area contributed by atoms with E-state index < -0.39 is 11.8 Å². The first-order chi connectivity index (χ1) is 6.13. The van der Waals surface area contributed by atoms with Crippen molar-refractivity contribution in [2.75, 3.05) is 5.32 Å². The van der Waals surface area contributed by atoms with Crippen molar-refractivity contribution in [2.24, 2.45) is 5.84 Å². The summed E-state index contributed by atoms with van der Waals surface area (Å²) in [6.07, 6.45) is 0. The number of benzene rings is 1. The molecule has 70 valence electrons. The summed E-state index contributed by atoms with van der Waals surface area (Å²) in [6.45, 7) is 0. The highest BCUT2D eigenvalue weighted by atomic mass is 79.9. The molecule has 4 nitrogen and oxygen atoms in total. The molecule has 0 aliphatic heterocycles. The molecule has 0 spiro atoms. The van der Waals surface area contributed by atoms with Crippen LogP contribution >= 0.6 is 15.9 Å². The van der Waals surface area contributed by atoms with E-state index in [4.69, 9.17) is 5.84 Å². The molecule has 0 aliphatic rings. The summed E-state index contributed by atoms with van der Waals surface area (Å²) in [5.41, 5.74) is 2.19. The van der Waals surface area contributed by atoms with Gasteiger partial charge in [-0.2, -0.15) is 0 Å². The van der Waals surface area contributed by atoms with E-state index in [1.165, 1.54) is 18.2 Å². The number of amides is 2. The molecule has 0 atom stereocenters. The highest BCUT2D eigenvalue weighted by Gasteiger charge is 2.04. The topological polar surface area (TPSA) is 67.1 Å². The first-order valence-corrected chi connectivity index (χ1v) is 4.15. The Morgan fingerprint density at radius 3 is 2.85 bits per heavy atom. The summed E-state index contributed by atoms with van der Waals surface area (Å²) in [5, 5.41) is 2.34.